The van der Waals surface area contributed by atoms with E-state index in [2.05, 4.69) is 11.8 Å². The molecule has 1 heterocycles. The third-order valence-electron chi connectivity index (χ3n) is 7.50. The predicted octanol–water partition coefficient (Wildman–Crippen LogP) is 7.10. The zero-order chi connectivity index (χ0) is 28.5. The van der Waals surface area contributed by atoms with Gasteiger partial charge >= 0.3 is 0 Å². The van der Waals surface area contributed by atoms with Crippen molar-refractivity contribution in [2.24, 2.45) is 0 Å². The highest BCUT2D eigenvalue weighted by Crippen LogP contribution is 2.47. The van der Waals surface area contributed by atoms with Gasteiger partial charge in [0.15, 0.2) is 11.4 Å². The second-order valence-corrected chi connectivity index (χ2v) is 11.0. The van der Waals surface area contributed by atoms with E-state index in [0.717, 1.165) is 16.7 Å². The van der Waals surface area contributed by atoms with E-state index in [4.69, 9.17) is 25.8 Å². The van der Waals surface area contributed by atoms with Crippen LogP contribution in [-0.2, 0) is 24.6 Å². The normalized spacial score (nSPS) is 21.1. The average Bonchev–Trinajstić information content (AvgIpc) is 3.40. The van der Waals surface area contributed by atoms with Crippen LogP contribution < -0.4 is 0 Å². The first-order valence-corrected chi connectivity index (χ1v) is 13.9. The number of fused-ring (bicyclic) bond motifs is 1. The Labute approximate surface area is 245 Å². The molecule has 1 aliphatic carbocycles. The lowest BCUT2D eigenvalue weighted by Crippen LogP contribution is -2.51. The SMILES string of the molecule is CC1(C)O[C@H]2C=C(C#Cc3ccccc3Cl)C(=O)[C@@]2(COC(c2ccccc2)(c2ccccc2)c2ccccc2)O1. The molecular formula is C36H29ClO4. The van der Waals surface area contributed by atoms with Gasteiger partial charge in [0.2, 0.25) is 5.78 Å². The number of hydrogen-bond donors (Lipinski definition) is 0. The van der Waals surface area contributed by atoms with Crippen LogP contribution in [0.4, 0.5) is 0 Å². The van der Waals surface area contributed by atoms with E-state index in [9.17, 15) is 4.79 Å². The van der Waals surface area contributed by atoms with Crippen LogP contribution in [-0.4, -0.2) is 29.9 Å². The number of carbonyl (C=O) groups is 1. The lowest BCUT2D eigenvalue weighted by molar-refractivity contribution is -0.185. The lowest BCUT2D eigenvalue weighted by Gasteiger charge is -2.39. The topological polar surface area (TPSA) is 44.8 Å². The number of benzene rings is 4. The van der Waals surface area contributed by atoms with Crippen LogP contribution in [0.3, 0.4) is 0 Å². The Morgan fingerprint density at radius 1 is 0.780 bits per heavy atom. The maximum absolute atomic E-state index is 14.1. The van der Waals surface area contributed by atoms with E-state index in [1.54, 1.807) is 12.1 Å². The minimum atomic E-state index is -1.41. The Balaban J connectivity index is 1.43. The van der Waals surface area contributed by atoms with Gasteiger partial charge in [-0.2, -0.15) is 0 Å². The molecule has 0 unspecified atom stereocenters. The lowest BCUT2D eigenvalue weighted by atomic mass is 9.79. The van der Waals surface area contributed by atoms with Gasteiger partial charge in [0, 0.05) is 5.56 Å². The molecule has 0 amide bonds. The molecule has 5 heteroatoms. The smallest absolute Gasteiger partial charge is 0.208 e. The Kier molecular flexibility index (Phi) is 7.15. The minimum absolute atomic E-state index is 0.0631. The summed E-state index contributed by atoms with van der Waals surface area (Å²) in [4.78, 5) is 14.1. The number of Topliss-reactive ketones (excluding diaryl/α,β-unsaturated/α-hetero) is 1. The van der Waals surface area contributed by atoms with Crippen LogP contribution in [0.2, 0.25) is 5.02 Å². The van der Waals surface area contributed by atoms with Crippen LogP contribution in [0.5, 0.6) is 0 Å². The van der Waals surface area contributed by atoms with Gasteiger partial charge in [0.05, 0.1) is 17.2 Å². The van der Waals surface area contributed by atoms with Gasteiger partial charge in [0.25, 0.3) is 0 Å². The molecule has 0 spiro atoms. The molecule has 1 aliphatic heterocycles. The maximum Gasteiger partial charge on any atom is 0.208 e. The molecule has 41 heavy (non-hydrogen) atoms. The van der Waals surface area contributed by atoms with E-state index < -0.39 is 23.1 Å². The van der Waals surface area contributed by atoms with Crippen LogP contribution in [0, 0.1) is 11.8 Å². The number of ketones is 1. The number of rotatable bonds is 6. The Morgan fingerprint density at radius 3 is 1.83 bits per heavy atom. The third kappa shape index (κ3) is 4.92. The summed E-state index contributed by atoms with van der Waals surface area (Å²) in [5.74, 6) is 4.81. The summed E-state index contributed by atoms with van der Waals surface area (Å²) in [5, 5.41) is 0.524. The summed E-state index contributed by atoms with van der Waals surface area (Å²) in [5.41, 5.74) is 1.33. The van der Waals surface area contributed by atoms with E-state index in [0.29, 0.717) is 16.2 Å². The molecule has 4 nitrogen and oxygen atoms in total. The Morgan fingerprint density at radius 2 is 1.29 bits per heavy atom. The first-order chi connectivity index (χ1) is 19.8. The van der Waals surface area contributed by atoms with Crippen molar-refractivity contribution in [3.63, 3.8) is 0 Å². The third-order valence-corrected chi connectivity index (χ3v) is 7.82. The molecule has 204 valence electrons. The fraction of sp³-hybridized carbons (Fsp3) is 0.194. The van der Waals surface area contributed by atoms with Gasteiger partial charge in [0.1, 0.15) is 11.7 Å². The highest BCUT2D eigenvalue weighted by Gasteiger charge is 2.62. The van der Waals surface area contributed by atoms with Crippen molar-refractivity contribution in [3.8, 4) is 11.8 Å². The zero-order valence-corrected chi connectivity index (χ0v) is 23.6. The molecule has 2 aliphatic rings. The van der Waals surface area contributed by atoms with E-state index >= 15 is 0 Å². The highest BCUT2D eigenvalue weighted by molar-refractivity contribution is 6.31. The van der Waals surface area contributed by atoms with Crippen molar-refractivity contribution in [1.82, 2.24) is 0 Å². The molecule has 4 aromatic rings. The van der Waals surface area contributed by atoms with Crippen molar-refractivity contribution < 1.29 is 19.0 Å². The summed E-state index contributed by atoms with van der Waals surface area (Å²) in [6.45, 7) is 3.55. The minimum Gasteiger partial charge on any atom is -0.357 e. The van der Waals surface area contributed by atoms with Crippen molar-refractivity contribution in [1.29, 1.82) is 0 Å². The number of hydrogen-bond acceptors (Lipinski definition) is 4. The van der Waals surface area contributed by atoms with Crippen molar-refractivity contribution in [2.45, 2.75) is 36.9 Å². The van der Waals surface area contributed by atoms with Gasteiger partial charge in [-0.25, -0.2) is 0 Å². The van der Waals surface area contributed by atoms with E-state index in [1.807, 2.05) is 123 Å². The molecule has 0 aromatic heterocycles. The summed E-state index contributed by atoms with van der Waals surface area (Å²) in [7, 11) is 0. The van der Waals surface area contributed by atoms with Gasteiger partial charge < -0.3 is 14.2 Å². The number of ether oxygens (including phenoxy) is 3. The molecule has 0 bridgehead atoms. The molecule has 1 saturated heterocycles. The molecule has 1 fully saturated rings. The van der Waals surface area contributed by atoms with Crippen molar-refractivity contribution in [3.05, 3.63) is 154 Å². The largest absolute Gasteiger partial charge is 0.357 e. The molecule has 0 radical (unpaired) electrons. The van der Waals surface area contributed by atoms with Crippen molar-refractivity contribution in [2.75, 3.05) is 6.61 Å². The number of carbonyl (C=O) groups excluding carboxylic acids is 1. The van der Waals surface area contributed by atoms with E-state index in [1.165, 1.54) is 0 Å². The van der Waals surface area contributed by atoms with Crippen LogP contribution in [0.15, 0.2) is 127 Å². The van der Waals surface area contributed by atoms with Gasteiger partial charge in [-0.15, -0.1) is 0 Å². The molecular weight excluding hydrogens is 532 g/mol. The van der Waals surface area contributed by atoms with Crippen molar-refractivity contribution >= 4 is 17.4 Å². The van der Waals surface area contributed by atoms with E-state index in [-0.39, 0.29) is 12.4 Å². The van der Waals surface area contributed by atoms with Crippen LogP contribution in [0.25, 0.3) is 0 Å². The fourth-order valence-electron chi connectivity index (χ4n) is 5.68. The summed E-state index contributed by atoms with van der Waals surface area (Å²) in [6.07, 6.45) is 1.08. The van der Waals surface area contributed by atoms with Gasteiger partial charge in [-0.1, -0.05) is 127 Å². The Hall–Kier alpha value is -3.98. The fourth-order valence-corrected chi connectivity index (χ4v) is 5.86. The molecule has 0 saturated carbocycles. The molecule has 6 rings (SSSR count). The average molecular weight is 561 g/mol. The summed E-state index contributed by atoms with van der Waals surface area (Å²) >= 11 is 6.30. The second kappa shape index (κ2) is 10.8. The summed E-state index contributed by atoms with van der Waals surface area (Å²) in [6, 6.07) is 37.4. The zero-order valence-electron chi connectivity index (χ0n) is 22.8. The van der Waals surface area contributed by atoms with Gasteiger partial charge in [-0.3, -0.25) is 4.79 Å². The quantitative estimate of drug-likeness (QED) is 0.186. The monoisotopic (exact) mass is 560 g/mol. The Bertz CT molecular complexity index is 1550. The van der Waals surface area contributed by atoms with Gasteiger partial charge in [-0.05, 0) is 48.7 Å². The maximum atomic E-state index is 14.1. The highest BCUT2D eigenvalue weighted by atomic mass is 35.5. The predicted molar refractivity (Wildman–Crippen MR) is 159 cm³/mol. The summed E-state index contributed by atoms with van der Waals surface area (Å²) < 4.78 is 19.7. The first-order valence-electron chi connectivity index (χ1n) is 13.6. The first kappa shape index (κ1) is 27.2. The molecule has 2 atom stereocenters. The van der Waals surface area contributed by atoms with Crippen LogP contribution >= 0.6 is 11.6 Å². The number of halogens is 1. The molecule has 4 aromatic carbocycles. The standard InChI is InChI=1S/C36H29ClO4/c1-34(2)40-32-24-27(23-22-26-14-12-13-21-31(26)37)33(38)35(32,41-34)25-39-36(28-15-6-3-7-16-28,29-17-8-4-9-18-29)30-19-10-5-11-20-30/h3-21,24,32H,25H2,1-2H3/t32-,35-/m0/s1. The second-order valence-electron chi connectivity index (χ2n) is 10.6. The molecule has 0 N–H and O–H groups in total. The van der Waals surface area contributed by atoms with Crippen LogP contribution in [0.1, 0.15) is 36.1 Å².